The van der Waals surface area contributed by atoms with Gasteiger partial charge in [-0.25, -0.2) is 9.78 Å². The summed E-state index contributed by atoms with van der Waals surface area (Å²) in [7, 11) is 0. The molecule has 0 N–H and O–H groups in total. The molecule has 1 aliphatic carbocycles. The van der Waals surface area contributed by atoms with Crippen LogP contribution in [-0.4, -0.2) is 22.8 Å². The average Bonchev–Trinajstić information content (AvgIpc) is 2.63. The predicted octanol–water partition coefficient (Wildman–Crippen LogP) is 2.74. The lowest BCUT2D eigenvalue weighted by Gasteiger charge is -2.21. The third-order valence-electron chi connectivity index (χ3n) is 4.22. The minimum Gasteiger partial charge on any atom is -0.457 e. The molecule has 5 heteroatoms. The SMILES string of the molecule is O=C(C[n+]1ccnc(C(=O)OC2CCCCC2)c1)c1ccccc1. The Morgan fingerprint density at radius 2 is 1.88 bits per heavy atom. The van der Waals surface area contributed by atoms with Crippen LogP contribution < -0.4 is 4.57 Å². The average molecular weight is 325 g/mol. The molecule has 0 spiro atoms. The highest BCUT2D eigenvalue weighted by atomic mass is 16.5. The fraction of sp³-hybridized carbons (Fsp3) is 0.368. The molecular weight excluding hydrogens is 304 g/mol. The molecule has 1 heterocycles. The van der Waals surface area contributed by atoms with E-state index in [1.165, 1.54) is 12.6 Å². The number of hydrogen-bond acceptors (Lipinski definition) is 4. The van der Waals surface area contributed by atoms with E-state index in [1.54, 1.807) is 29.1 Å². The molecule has 3 rings (SSSR count). The lowest BCUT2D eigenvalue weighted by molar-refractivity contribution is -0.683. The molecule has 0 atom stereocenters. The Bertz CT molecular complexity index is 710. The molecule has 124 valence electrons. The Labute approximate surface area is 141 Å². The number of Topliss-reactive ketones (excluding diaryl/α,β-unsaturated/α-hetero) is 1. The maximum absolute atomic E-state index is 12.3. The van der Waals surface area contributed by atoms with Crippen molar-refractivity contribution in [1.29, 1.82) is 0 Å². The van der Waals surface area contributed by atoms with Crippen molar-refractivity contribution in [2.24, 2.45) is 0 Å². The molecule has 1 aromatic heterocycles. The van der Waals surface area contributed by atoms with Gasteiger partial charge in [0, 0.05) is 5.56 Å². The number of ether oxygens (including phenoxy) is 1. The number of nitrogens with zero attached hydrogens (tertiary/aromatic N) is 2. The van der Waals surface area contributed by atoms with E-state index >= 15 is 0 Å². The van der Waals surface area contributed by atoms with Gasteiger partial charge in [0.05, 0.1) is 6.20 Å². The van der Waals surface area contributed by atoms with Crippen LogP contribution in [0.5, 0.6) is 0 Å². The third-order valence-corrected chi connectivity index (χ3v) is 4.22. The van der Waals surface area contributed by atoms with E-state index in [-0.39, 0.29) is 24.1 Å². The van der Waals surface area contributed by atoms with Gasteiger partial charge in [-0.15, -0.1) is 0 Å². The molecule has 0 saturated heterocycles. The predicted molar refractivity (Wildman–Crippen MR) is 87.5 cm³/mol. The summed E-state index contributed by atoms with van der Waals surface area (Å²) in [4.78, 5) is 28.6. The molecule has 0 radical (unpaired) electrons. The first-order valence-electron chi connectivity index (χ1n) is 8.37. The summed E-state index contributed by atoms with van der Waals surface area (Å²) in [5.74, 6) is -0.429. The quantitative estimate of drug-likeness (QED) is 0.482. The third kappa shape index (κ3) is 4.25. The van der Waals surface area contributed by atoms with Crippen molar-refractivity contribution in [3.63, 3.8) is 0 Å². The summed E-state index contributed by atoms with van der Waals surface area (Å²) < 4.78 is 7.19. The van der Waals surface area contributed by atoms with Gasteiger partial charge in [-0.1, -0.05) is 36.8 Å². The monoisotopic (exact) mass is 325 g/mol. The minimum atomic E-state index is -0.414. The van der Waals surface area contributed by atoms with E-state index in [9.17, 15) is 9.59 Å². The number of hydrogen-bond donors (Lipinski definition) is 0. The van der Waals surface area contributed by atoms with Crippen LogP contribution in [0.15, 0.2) is 48.9 Å². The van der Waals surface area contributed by atoms with E-state index in [2.05, 4.69) is 4.98 Å². The topological polar surface area (TPSA) is 60.1 Å². The van der Waals surface area contributed by atoms with Crippen molar-refractivity contribution in [3.05, 3.63) is 60.2 Å². The number of carbonyl (C=O) groups is 2. The standard InChI is InChI=1S/C19H21N2O3/c22-18(15-7-3-1-4-8-15)14-21-12-11-20-17(13-21)19(23)24-16-9-5-2-6-10-16/h1,3-4,7-8,11-13,16H,2,5-6,9-10,14H2/q+1. The van der Waals surface area contributed by atoms with Gasteiger partial charge in [0.25, 0.3) is 0 Å². The molecule has 0 aliphatic heterocycles. The second-order valence-corrected chi connectivity index (χ2v) is 6.07. The van der Waals surface area contributed by atoms with E-state index in [4.69, 9.17) is 4.74 Å². The van der Waals surface area contributed by atoms with Crippen molar-refractivity contribution >= 4 is 11.8 Å². The second kappa shape index (κ2) is 7.81. The maximum atomic E-state index is 12.3. The van der Waals surface area contributed by atoms with Gasteiger partial charge in [0.15, 0.2) is 6.20 Å². The maximum Gasteiger partial charge on any atom is 0.363 e. The van der Waals surface area contributed by atoms with Crippen molar-refractivity contribution in [3.8, 4) is 0 Å². The van der Waals surface area contributed by atoms with E-state index < -0.39 is 5.97 Å². The Hall–Kier alpha value is -2.56. The summed E-state index contributed by atoms with van der Waals surface area (Å²) in [5, 5.41) is 0. The summed E-state index contributed by atoms with van der Waals surface area (Å²) in [6.45, 7) is 0.163. The number of carbonyl (C=O) groups excluding carboxylic acids is 2. The molecule has 24 heavy (non-hydrogen) atoms. The summed E-state index contributed by atoms with van der Waals surface area (Å²) in [6, 6.07) is 9.09. The van der Waals surface area contributed by atoms with E-state index in [0.717, 1.165) is 25.7 Å². The summed E-state index contributed by atoms with van der Waals surface area (Å²) in [5.41, 5.74) is 0.886. The van der Waals surface area contributed by atoms with Crippen molar-refractivity contribution in [2.75, 3.05) is 0 Å². The molecule has 5 nitrogen and oxygen atoms in total. The molecule has 0 amide bonds. The van der Waals surface area contributed by atoms with Gasteiger partial charge in [-0.3, -0.25) is 4.79 Å². The van der Waals surface area contributed by atoms with Crippen molar-refractivity contribution in [1.82, 2.24) is 4.98 Å². The van der Waals surface area contributed by atoms with Gasteiger partial charge in [0.1, 0.15) is 6.10 Å². The molecule has 0 unspecified atom stereocenters. The number of benzene rings is 1. The van der Waals surface area contributed by atoms with Gasteiger partial charge in [0.2, 0.25) is 24.2 Å². The Morgan fingerprint density at radius 3 is 2.62 bits per heavy atom. The van der Waals surface area contributed by atoms with Crippen molar-refractivity contribution < 1.29 is 18.9 Å². The first-order chi connectivity index (χ1) is 11.7. The number of rotatable bonds is 5. The zero-order chi connectivity index (χ0) is 16.8. The zero-order valence-corrected chi connectivity index (χ0v) is 13.6. The fourth-order valence-corrected chi connectivity index (χ4v) is 2.91. The van der Waals surface area contributed by atoms with Gasteiger partial charge in [-0.05, 0) is 25.7 Å². The lowest BCUT2D eigenvalue weighted by Crippen LogP contribution is -2.38. The smallest absolute Gasteiger partial charge is 0.363 e. The molecule has 2 aromatic rings. The Kier molecular flexibility index (Phi) is 5.31. The Morgan fingerprint density at radius 1 is 1.12 bits per heavy atom. The van der Waals surface area contributed by atoms with E-state index in [1.807, 2.05) is 18.2 Å². The molecule has 1 fully saturated rings. The van der Waals surface area contributed by atoms with Crippen LogP contribution >= 0.6 is 0 Å². The fourth-order valence-electron chi connectivity index (χ4n) is 2.91. The number of ketones is 1. The van der Waals surface area contributed by atoms with E-state index in [0.29, 0.717) is 5.56 Å². The normalized spacial score (nSPS) is 15.0. The molecule has 1 saturated carbocycles. The van der Waals surface area contributed by atoms with Crippen LogP contribution in [0, 0.1) is 0 Å². The molecular formula is C19H21N2O3+. The molecule has 1 aromatic carbocycles. The summed E-state index contributed by atoms with van der Waals surface area (Å²) in [6.07, 6.45) is 10.0. The van der Waals surface area contributed by atoms with Crippen LogP contribution in [0.3, 0.4) is 0 Å². The zero-order valence-electron chi connectivity index (χ0n) is 13.6. The first-order valence-corrected chi connectivity index (χ1v) is 8.37. The second-order valence-electron chi connectivity index (χ2n) is 6.07. The molecule has 0 bridgehead atoms. The number of aromatic nitrogens is 2. The van der Waals surface area contributed by atoms with Crippen LogP contribution in [0.4, 0.5) is 0 Å². The highest BCUT2D eigenvalue weighted by Crippen LogP contribution is 2.20. The lowest BCUT2D eigenvalue weighted by atomic mass is 9.98. The van der Waals surface area contributed by atoms with Crippen LogP contribution in [-0.2, 0) is 11.3 Å². The summed E-state index contributed by atoms with van der Waals surface area (Å²) >= 11 is 0. The largest absolute Gasteiger partial charge is 0.457 e. The van der Waals surface area contributed by atoms with Gasteiger partial charge in [-0.2, -0.15) is 4.57 Å². The highest BCUT2D eigenvalue weighted by Gasteiger charge is 2.22. The molecule has 1 aliphatic rings. The number of esters is 1. The van der Waals surface area contributed by atoms with Crippen LogP contribution in [0.1, 0.15) is 53.0 Å². The van der Waals surface area contributed by atoms with Gasteiger partial charge >= 0.3 is 5.97 Å². The first kappa shape index (κ1) is 16.3. The van der Waals surface area contributed by atoms with Crippen LogP contribution in [0.2, 0.25) is 0 Å². The van der Waals surface area contributed by atoms with Crippen LogP contribution in [0.25, 0.3) is 0 Å². The van der Waals surface area contributed by atoms with Crippen molar-refractivity contribution in [2.45, 2.75) is 44.8 Å². The van der Waals surface area contributed by atoms with Gasteiger partial charge < -0.3 is 4.74 Å². The minimum absolute atomic E-state index is 0.00680. The highest BCUT2D eigenvalue weighted by molar-refractivity contribution is 5.95. The Balaban J connectivity index is 1.65.